The van der Waals surface area contributed by atoms with Crippen LogP contribution >= 0.6 is 11.8 Å². The van der Waals surface area contributed by atoms with Crippen molar-refractivity contribution in [1.29, 1.82) is 0 Å². The van der Waals surface area contributed by atoms with Crippen molar-refractivity contribution in [3.63, 3.8) is 0 Å². The lowest BCUT2D eigenvalue weighted by Crippen LogP contribution is -2.69. The first-order valence-corrected chi connectivity index (χ1v) is 12.0. The van der Waals surface area contributed by atoms with E-state index in [-0.39, 0.29) is 36.2 Å². The first-order chi connectivity index (χ1) is 13.8. The smallest absolute Gasteiger partial charge is 0.178 e. The number of rotatable bonds is 1. The van der Waals surface area contributed by atoms with Crippen molar-refractivity contribution < 1.29 is 28.2 Å². The molecule has 1 N–H and O–H groups in total. The average Bonchev–Trinajstić information content (AvgIpc) is 3.05. The van der Waals surface area contributed by atoms with Crippen molar-refractivity contribution in [3.8, 4) is 0 Å². The molecule has 1 aliphatic heterocycles. The lowest BCUT2D eigenvalue weighted by molar-refractivity contribution is -0.235. The summed E-state index contributed by atoms with van der Waals surface area (Å²) in [5, 5.41) is 11.3. The fourth-order valence-electron chi connectivity index (χ4n) is 7.59. The average molecular weight is 441 g/mol. The van der Waals surface area contributed by atoms with E-state index in [1.165, 1.54) is 18.2 Å². The summed E-state index contributed by atoms with van der Waals surface area (Å²) in [6.45, 7) is 7.42. The maximum atomic E-state index is 17.1. The molecule has 0 spiro atoms. The Labute approximate surface area is 180 Å². The Kier molecular flexibility index (Phi) is 4.20. The molecule has 0 aromatic carbocycles. The number of ketones is 1. The number of alkyl halides is 2. The highest BCUT2D eigenvalue weighted by atomic mass is 32.2. The number of carbonyl (C=O) groups is 1. The van der Waals surface area contributed by atoms with Crippen LogP contribution in [-0.2, 0) is 14.3 Å². The Bertz CT molecular complexity index is 873. The van der Waals surface area contributed by atoms with Crippen LogP contribution in [0.25, 0.3) is 0 Å². The summed E-state index contributed by atoms with van der Waals surface area (Å²) < 4.78 is 45.2. The minimum atomic E-state index is -2.06. The van der Waals surface area contributed by atoms with Gasteiger partial charge in [-0.25, -0.2) is 8.78 Å². The molecule has 2 unspecified atom stereocenters. The summed E-state index contributed by atoms with van der Waals surface area (Å²) in [5.41, 5.74) is -3.83. The quantitative estimate of drug-likeness (QED) is 0.665. The number of hydrogen-bond donors (Lipinski definition) is 1. The van der Waals surface area contributed by atoms with Crippen LogP contribution in [0.1, 0.15) is 47.0 Å². The van der Waals surface area contributed by atoms with Gasteiger partial charge in [-0.3, -0.25) is 4.79 Å². The van der Waals surface area contributed by atoms with E-state index in [0.29, 0.717) is 6.42 Å². The van der Waals surface area contributed by atoms with Crippen LogP contribution in [-0.4, -0.2) is 51.9 Å². The molecule has 1 saturated heterocycles. The van der Waals surface area contributed by atoms with Crippen LogP contribution in [0.4, 0.5) is 8.78 Å². The van der Waals surface area contributed by atoms with Crippen LogP contribution in [0.3, 0.4) is 0 Å². The van der Waals surface area contributed by atoms with Crippen LogP contribution < -0.4 is 0 Å². The van der Waals surface area contributed by atoms with Gasteiger partial charge in [0.1, 0.15) is 17.2 Å². The fourth-order valence-corrected chi connectivity index (χ4v) is 8.98. The molecule has 4 aliphatic carbocycles. The first-order valence-electron chi connectivity index (χ1n) is 10.7. The maximum Gasteiger partial charge on any atom is 0.178 e. The lowest BCUT2D eigenvalue weighted by atomic mass is 9.45. The number of hydrogen-bond acceptors (Lipinski definition) is 5. The van der Waals surface area contributed by atoms with E-state index >= 15 is 8.78 Å². The molecular formula is C23H30F2O4S. The third kappa shape index (κ3) is 2.20. The second-order valence-electron chi connectivity index (χ2n) is 10.6. The van der Waals surface area contributed by atoms with E-state index in [1.54, 1.807) is 18.7 Å². The van der Waals surface area contributed by atoms with Gasteiger partial charge in [-0.15, -0.1) is 11.8 Å². The first kappa shape index (κ1) is 21.1. The van der Waals surface area contributed by atoms with Crippen LogP contribution in [0.5, 0.6) is 0 Å². The van der Waals surface area contributed by atoms with E-state index in [9.17, 15) is 9.90 Å². The summed E-state index contributed by atoms with van der Waals surface area (Å²) >= 11 is 1.56. The number of halogens is 2. The molecule has 4 fully saturated rings. The minimum absolute atomic E-state index is 0.0447. The second-order valence-corrected chi connectivity index (χ2v) is 11.6. The van der Waals surface area contributed by atoms with E-state index in [0.717, 1.165) is 0 Å². The summed E-state index contributed by atoms with van der Waals surface area (Å²) in [7, 11) is 0. The standard InChI is InChI=1S/C23H30F2O4S/c1-19(2)28-18-10-13-14-9-16(24)15-8-12(26)6-7-20(15,3)22(14,25)17(27)11-21(13,4)23(18,29-19)30-5/h6-8,13-14,16-18,27H,9-11H2,1-5H3/t13?,14?,16-,17-,18+,20-,21-,22-,23-/m0/s1. The molecule has 0 radical (unpaired) electrons. The number of carbonyl (C=O) groups excluding carboxylic acids is 1. The number of thioether (sulfide) groups is 1. The van der Waals surface area contributed by atoms with Crippen molar-refractivity contribution in [2.75, 3.05) is 6.26 Å². The predicted molar refractivity (Wildman–Crippen MR) is 110 cm³/mol. The monoisotopic (exact) mass is 440 g/mol. The fraction of sp³-hybridized carbons (Fsp3) is 0.783. The summed E-state index contributed by atoms with van der Waals surface area (Å²) in [6, 6.07) is 0. The molecule has 3 saturated carbocycles. The molecule has 9 atom stereocenters. The normalized spacial score (nSPS) is 56.1. The summed E-state index contributed by atoms with van der Waals surface area (Å²) in [4.78, 5) is 11.2. The van der Waals surface area contributed by atoms with Crippen molar-refractivity contribution in [2.45, 2.75) is 81.7 Å². The molecule has 30 heavy (non-hydrogen) atoms. The summed E-state index contributed by atoms with van der Waals surface area (Å²) in [5.74, 6) is -2.00. The zero-order chi connectivity index (χ0) is 21.9. The molecule has 4 nitrogen and oxygen atoms in total. The Morgan fingerprint density at radius 2 is 1.90 bits per heavy atom. The third-order valence-corrected chi connectivity index (χ3v) is 10.3. The number of aliphatic hydroxyl groups excluding tert-OH is 1. The minimum Gasteiger partial charge on any atom is -0.390 e. The van der Waals surface area contributed by atoms with E-state index in [4.69, 9.17) is 9.47 Å². The Hall–Kier alpha value is -0.760. The number of ether oxygens (including phenoxy) is 2. The Morgan fingerprint density at radius 3 is 2.57 bits per heavy atom. The highest BCUT2D eigenvalue weighted by molar-refractivity contribution is 7.99. The molecule has 0 amide bonds. The molecule has 7 heteroatoms. The van der Waals surface area contributed by atoms with Crippen molar-refractivity contribution in [1.82, 2.24) is 0 Å². The molecular weight excluding hydrogens is 410 g/mol. The number of allylic oxidation sites excluding steroid dienone is 4. The van der Waals surface area contributed by atoms with Crippen LogP contribution in [0.2, 0.25) is 0 Å². The van der Waals surface area contributed by atoms with Crippen LogP contribution in [0, 0.1) is 22.7 Å². The number of aliphatic hydroxyl groups is 1. The topological polar surface area (TPSA) is 55.8 Å². The Morgan fingerprint density at radius 1 is 1.20 bits per heavy atom. The molecule has 0 bridgehead atoms. The van der Waals surface area contributed by atoms with Crippen molar-refractivity contribution in [2.24, 2.45) is 22.7 Å². The van der Waals surface area contributed by atoms with E-state index in [1.807, 2.05) is 27.0 Å². The van der Waals surface area contributed by atoms with Gasteiger partial charge in [0.25, 0.3) is 0 Å². The molecule has 166 valence electrons. The maximum absolute atomic E-state index is 17.1. The molecule has 5 rings (SSSR count). The molecule has 1 heterocycles. The highest BCUT2D eigenvalue weighted by Crippen LogP contribution is 2.74. The van der Waals surface area contributed by atoms with E-state index in [2.05, 4.69) is 0 Å². The van der Waals surface area contributed by atoms with Gasteiger partial charge in [-0.2, -0.15) is 0 Å². The van der Waals surface area contributed by atoms with Gasteiger partial charge in [0.2, 0.25) is 0 Å². The van der Waals surface area contributed by atoms with Gasteiger partial charge >= 0.3 is 0 Å². The van der Waals surface area contributed by atoms with E-state index < -0.39 is 45.4 Å². The van der Waals surface area contributed by atoms with Gasteiger partial charge in [-0.05, 0) is 69.9 Å². The Balaban J connectivity index is 1.64. The van der Waals surface area contributed by atoms with Gasteiger partial charge in [-0.1, -0.05) is 13.0 Å². The highest BCUT2D eigenvalue weighted by Gasteiger charge is 2.78. The zero-order valence-corrected chi connectivity index (χ0v) is 18.9. The number of fused-ring (bicyclic) bond motifs is 7. The van der Waals surface area contributed by atoms with Gasteiger partial charge < -0.3 is 14.6 Å². The van der Waals surface area contributed by atoms with Crippen molar-refractivity contribution in [3.05, 3.63) is 23.8 Å². The zero-order valence-electron chi connectivity index (χ0n) is 18.1. The SMILES string of the molecule is CS[C@@]12OC(C)(C)O[C@@H]1CC1C3C[C@H](F)C4=CC(=O)C=C[C@]4(C)[C@@]3(F)[C@@H](O)C[C@@]12C. The predicted octanol–water partition coefficient (Wildman–Crippen LogP) is 4.13. The second kappa shape index (κ2) is 5.97. The van der Waals surface area contributed by atoms with Crippen molar-refractivity contribution >= 4 is 17.5 Å². The largest absolute Gasteiger partial charge is 0.390 e. The molecule has 5 aliphatic rings. The van der Waals surface area contributed by atoms with Crippen LogP contribution in [0.15, 0.2) is 23.8 Å². The van der Waals surface area contributed by atoms with Gasteiger partial charge in [0, 0.05) is 16.7 Å². The van der Waals surface area contributed by atoms with Gasteiger partial charge in [0.15, 0.2) is 17.2 Å². The molecule has 0 aromatic heterocycles. The lowest BCUT2D eigenvalue weighted by Gasteiger charge is -2.63. The van der Waals surface area contributed by atoms with Gasteiger partial charge in [0.05, 0.1) is 6.10 Å². The third-order valence-electron chi connectivity index (χ3n) is 8.83. The molecule has 0 aromatic rings. The summed E-state index contributed by atoms with van der Waals surface area (Å²) in [6.07, 6.45) is 3.71.